The lowest BCUT2D eigenvalue weighted by Gasteiger charge is -2.31. The van der Waals surface area contributed by atoms with E-state index in [1.165, 1.54) is 7.11 Å². The molecule has 10 nitrogen and oxygen atoms in total. The number of benzene rings is 1. The molecule has 1 aromatic carbocycles. The number of rotatable bonds is 7. The second kappa shape index (κ2) is 8.76. The highest BCUT2D eigenvalue weighted by molar-refractivity contribution is 5.82. The number of H-pyrrole nitrogens is 1. The second-order valence-electron chi connectivity index (χ2n) is 7.32. The summed E-state index contributed by atoms with van der Waals surface area (Å²) in [5, 5.41) is 0.447. The van der Waals surface area contributed by atoms with Gasteiger partial charge in [-0.3, -0.25) is 9.78 Å². The number of likely N-dealkylation sites (N-methyl/N-ethyl adjacent to an activating group) is 1. The zero-order chi connectivity index (χ0) is 22.0. The van der Waals surface area contributed by atoms with Crippen LogP contribution in [0.4, 0.5) is 11.8 Å². The average Bonchev–Trinajstić information content (AvgIpc) is 2.80. The summed E-state index contributed by atoms with van der Waals surface area (Å²) in [5.74, 6) is 2.44. The Morgan fingerprint density at radius 1 is 1.16 bits per heavy atom. The maximum absolute atomic E-state index is 12.7. The average molecular weight is 426 g/mol. The van der Waals surface area contributed by atoms with Gasteiger partial charge in [0, 0.05) is 38.9 Å². The van der Waals surface area contributed by atoms with Crippen LogP contribution in [0.3, 0.4) is 0 Å². The number of methoxy groups -OCH3 is 3. The maximum Gasteiger partial charge on any atom is 0.260 e. The maximum atomic E-state index is 12.7. The third-order valence-electron chi connectivity index (χ3n) is 5.47. The first-order valence-electron chi connectivity index (χ1n) is 9.99. The van der Waals surface area contributed by atoms with E-state index in [9.17, 15) is 4.79 Å². The van der Waals surface area contributed by atoms with Gasteiger partial charge in [-0.25, -0.2) is 15.0 Å². The molecular formula is C21H26N6O4. The molecule has 0 unspecified atom stereocenters. The number of hydrogen-bond donors (Lipinski definition) is 1. The molecule has 10 heteroatoms. The van der Waals surface area contributed by atoms with Gasteiger partial charge in [0.2, 0.25) is 5.95 Å². The van der Waals surface area contributed by atoms with Gasteiger partial charge in [-0.1, -0.05) is 0 Å². The van der Waals surface area contributed by atoms with Crippen molar-refractivity contribution in [3.05, 3.63) is 40.1 Å². The third kappa shape index (κ3) is 3.98. The van der Waals surface area contributed by atoms with Crippen molar-refractivity contribution in [3.63, 3.8) is 0 Å². The van der Waals surface area contributed by atoms with E-state index in [-0.39, 0.29) is 5.56 Å². The Labute approximate surface area is 179 Å². The molecule has 0 saturated heterocycles. The van der Waals surface area contributed by atoms with Crippen molar-refractivity contribution in [1.82, 2.24) is 19.9 Å². The van der Waals surface area contributed by atoms with E-state index >= 15 is 0 Å². The molecule has 0 fully saturated rings. The van der Waals surface area contributed by atoms with E-state index in [2.05, 4.69) is 24.8 Å². The smallest absolute Gasteiger partial charge is 0.260 e. The first kappa shape index (κ1) is 20.9. The van der Waals surface area contributed by atoms with Crippen LogP contribution in [-0.2, 0) is 17.7 Å². The van der Waals surface area contributed by atoms with E-state index < -0.39 is 0 Å². The Balaban J connectivity index is 1.66. The van der Waals surface area contributed by atoms with Gasteiger partial charge in [0.1, 0.15) is 12.1 Å². The summed E-state index contributed by atoms with van der Waals surface area (Å²) < 4.78 is 15.8. The van der Waals surface area contributed by atoms with Gasteiger partial charge in [-0.15, -0.1) is 0 Å². The van der Waals surface area contributed by atoms with E-state index in [1.54, 1.807) is 32.7 Å². The predicted molar refractivity (Wildman–Crippen MR) is 117 cm³/mol. The fourth-order valence-corrected chi connectivity index (χ4v) is 3.78. The lowest BCUT2D eigenvalue weighted by atomic mass is 10.1. The summed E-state index contributed by atoms with van der Waals surface area (Å²) in [4.78, 5) is 33.4. The summed E-state index contributed by atoms with van der Waals surface area (Å²) in [7, 11) is 6.77. The zero-order valence-corrected chi connectivity index (χ0v) is 18.1. The lowest BCUT2D eigenvalue weighted by molar-refractivity contribution is 0.206. The molecular weight excluding hydrogens is 400 g/mol. The van der Waals surface area contributed by atoms with Crippen LogP contribution in [0.2, 0.25) is 0 Å². The number of nitrogens with one attached hydrogen (secondary N) is 1. The molecule has 0 saturated carbocycles. The molecule has 4 rings (SSSR count). The van der Waals surface area contributed by atoms with Crippen LogP contribution in [0, 0.1) is 0 Å². The number of aromatic amines is 1. The largest absolute Gasteiger partial charge is 0.493 e. The highest BCUT2D eigenvalue weighted by Crippen LogP contribution is 2.31. The van der Waals surface area contributed by atoms with Crippen LogP contribution in [0.25, 0.3) is 10.9 Å². The quantitative estimate of drug-likeness (QED) is 0.600. The van der Waals surface area contributed by atoms with Gasteiger partial charge in [0.05, 0.1) is 44.0 Å². The normalized spacial score (nSPS) is 13.2. The molecule has 3 aromatic rings. The molecule has 31 heavy (non-hydrogen) atoms. The van der Waals surface area contributed by atoms with Gasteiger partial charge < -0.3 is 24.0 Å². The van der Waals surface area contributed by atoms with Gasteiger partial charge in [-0.05, 0) is 12.5 Å². The first-order valence-corrected chi connectivity index (χ1v) is 9.99. The molecule has 2 aromatic heterocycles. The van der Waals surface area contributed by atoms with Gasteiger partial charge in [-0.2, -0.15) is 0 Å². The number of aromatic nitrogens is 4. The topological polar surface area (TPSA) is 106 Å². The lowest BCUT2D eigenvalue weighted by Crippen LogP contribution is -2.35. The summed E-state index contributed by atoms with van der Waals surface area (Å²) >= 11 is 0. The summed E-state index contributed by atoms with van der Waals surface area (Å²) in [5.41, 5.74) is 2.36. The molecule has 0 atom stereocenters. The van der Waals surface area contributed by atoms with Crippen LogP contribution in [0.15, 0.2) is 23.3 Å². The number of ether oxygens (including phenoxy) is 3. The van der Waals surface area contributed by atoms with Gasteiger partial charge >= 0.3 is 0 Å². The Bertz CT molecular complexity index is 1150. The zero-order valence-electron chi connectivity index (χ0n) is 18.1. The van der Waals surface area contributed by atoms with E-state index in [1.807, 2.05) is 11.9 Å². The Morgan fingerprint density at radius 3 is 2.68 bits per heavy atom. The van der Waals surface area contributed by atoms with Crippen LogP contribution >= 0.6 is 0 Å². The Morgan fingerprint density at radius 2 is 1.94 bits per heavy atom. The molecule has 1 aliphatic rings. The fraction of sp³-hybridized carbons (Fsp3) is 0.429. The summed E-state index contributed by atoms with van der Waals surface area (Å²) in [6, 6.07) is 3.36. The molecule has 0 radical (unpaired) electrons. The number of nitrogens with zero attached hydrogens (tertiary/aromatic N) is 5. The van der Waals surface area contributed by atoms with Crippen molar-refractivity contribution in [3.8, 4) is 11.5 Å². The molecule has 164 valence electrons. The Kier molecular flexibility index (Phi) is 5.90. The van der Waals surface area contributed by atoms with E-state index in [4.69, 9.17) is 14.2 Å². The van der Waals surface area contributed by atoms with E-state index in [0.717, 1.165) is 30.0 Å². The van der Waals surface area contributed by atoms with Crippen LogP contribution in [-0.4, -0.2) is 68.0 Å². The van der Waals surface area contributed by atoms with Crippen molar-refractivity contribution in [2.45, 2.75) is 13.0 Å². The minimum Gasteiger partial charge on any atom is -0.493 e. The molecule has 3 heterocycles. The Hall–Kier alpha value is -3.40. The van der Waals surface area contributed by atoms with Crippen LogP contribution in [0.5, 0.6) is 11.5 Å². The minimum atomic E-state index is -0.227. The number of fused-ring (bicyclic) bond motifs is 2. The SMILES string of the molecule is COCCN(C)c1ncnc2c1CCN(c1nc3cc(OC)c(OC)cc3c(=O)[nH]1)C2. The van der Waals surface area contributed by atoms with Crippen molar-refractivity contribution in [2.24, 2.45) is 0 Å². The molecule has 1 N–H and O–H groups in total. The van der Waals surface area contributed by atoms with Crippen molar-refractivity contribution in [1.29, 1.82) is 0 Å². The molecule has 0 aliphatic carbocycles. The number of hydrogen-bond acceptors (Lipinski definition) is 9. The molecule has 0 bridgehead atoms. The van der Waals surface area contributed by atoms with Crippen molar-refractivity contribution < 1.29 is 14.2 Å². The first-order chi connectivity index (χ1) is 15.0. The van der Waals surface area contributed by atoms with Crippen molar-refractivity contribution >= 4 is 22.7 Å². The highest BCUT2D eigenvalue weighted by Gasteiger charge is 2.24. The van der Waals surface area contributed by atoms with E-state index in [0.29, 0.717) is 48.0 Å². The van der Waals surface area contributed by atoms with Crippen LogP contribution in [0.1, 0.15) is 11.3 Å². The van der Waals surface area contributed by atoms with Gasteiger partial charge in [0.15, 0.2) is 11.5 Å². The van der Waals surface area contributed by atoms with Crippen LogP contribution < -0.4 is 24.8 Å². The molecule has 0 amide bonds. The van der Waals surface area contributed by atoms with Crippen molar-refractivity contribution in [2.75, 3.05) is 57.9 Å². The molecule has 1 aliphatic heterocycles. The predicted octanol–water partition coefficient (Wildman–Crippen LogP) is 1.38. The number of anilines is 2. The summed E-state index contributed by atoms with van der Waals surface area (Å²) in [6.45, 7) is 2.59. The standard InChI is InChI=1S/C21H26N6O4/c1-26(7-8-29-2)19-13-5-6-27(11-16(13)22-12-23-19)21-24-15-10-18(31-4)17(30-3)9-14(15)20(28)25-21/h9-10,12H,5-8,11H2,1-4H3,(H,24,25,28). The highest BCUT2D eigenvalue weighted by atomic mass is 16.5. The molecule has 0 spiro atoms. The fourth-order valence-electron chi connectivity index (χ4n) is 3.78. The minimum absolute atomic E-state index is 0.227. The van der Waals surface area contributed by atoms with Gasteiger partial charge in [0.25, 0.3) is 5.56 Å². The second-order valence-corrected chi connectivity index (χ2v) is 7.32. The monoisotopic (exact) mass is 426 g/mol. The summed E-state index contributed by atoms with van der Waals surface area (Å²) in [6.07, 6.45) is 2.32. The third-order valence-corrected chi connectivity index (χ3v) is 5.47.